The van der Waals surface area contributed by atoms with Crippen LogP contribution in [0.15, 0.2) is 48.5 Å². The molecule has 0 unspecified atom stereocenters. The lowest BCUT2D eigenvalue weighted by atomic mass is 9.84. The van der Waals surface area contributed by atoms with Gasteiger partial charge in [0.15, 0.2) is 6.61 Å². The van der Waals surface area contributed by atoms with Crippen LogP contribution in [-0.4, -0.2) is 12.5 Å². The second-order valence-electron chi connectivity index (χ2n) is 6.25. The maximum atomic E-state index is 11.9. The molecule has 126 valence electrons. The van der Waals surface area contributed by atoms with Crippen LogP contribution in [0, 0.1) is 3.57 Å². The van der Waals surface area contributed by atoms with Gasteiger partial charge in [-0.15, -0.1) is 0 Å². The predicted octanol–water partition coefficient (Wildman–Crippen LogP) is 5.36. The lowest BCUT2D eigenvalue weighted by molar-refractivity contribution is -0.118. The van der Waals surface area contributed by atoms with E-state index in [1.165, 1.54) is 37.7 Å². The molecule has 0 saturated heterocycles. The lowest BCUT2D eigenvalue weighted by Gasteiger charge is -2.22. The van der Waals surface area contributed by atoms with Gasteiger partial charge in [0.05, 0.1) is 0 Å². The number of hydrogen-bond acceptors (Lipinski definition) is 2. The summed E-state index contributed by atoms with van der Waals surface area (Å²) in [7, 11) is 0. The van der Waals surface area contributed by atoms with Gasteiger partial charge < -0.3 is 10.1 Å². The highest BCUT2D eigenvalue weighted by molar-refractivity contribution is 14.1. The number of carbonyl (C=O) groups excluding carboxylic acids is 1. The highest BCUT2D eigenvalue weighted by Gasteiger charge is 2.15. The van der Waals surface area contributed by atoms with Gasteiger partial charge >= 0.3 is 0 Å². The van der Waals surface area contributed by atoms with Gasteiger partial charge in [-0.3, -0.25) is 4.79 Å². The fourth-order valence-corrected chi connectivity index (χ4v) is 3.51. The molecule has 0 radical (unpaired) electrons. The predicted molar refractivity (Wildman–Crippen MR) is 106 cm³/mol. The normalized spacial score (nSPS) is 15.0. The van der Waals surface area contributed by atoms with Crippen molar-refractivity contribution in [2.45, 2.75) is 38.0 Å². The molecule has 1 N–H and O–H groups in total. The van der Waals surface area contributed by atoms with Crippen LogP contribution in [0.4, 0.5) is 5.69 Å². The maximum Gasteiger partial charge on any atom is 0.262 e. The minimum atomic E-state index is -0.146. The van der Waals surface area contributed by atoms with Crippen molar-refractivity contribution in [2.24, 2.45) is 0 Å². The fourth-order valence-electron chi connectivity index (χ4n) is 3.15. The molecule has 0 spiro atoms. The van der Waals surface area contributed by atoms with Crippen LogP contribution in [0.25, 0.3) is 0 Å². The number of ether oxygens (including phenoxy) is 1. The zero-order valence-electron chi connectivity index (χ0n) is 13.6. The molecule has 1 aliphatic carbocycles. The largest absolute Gasteiger partial charge is 0.484 e. The lowest BCUT2D eigenvalue weighted by Crippen LogP contribution is -2.20. The van der Waals surface area contributed by atoms with Crippen LogP contribution in [0.1, 0.15) is 43.6 Å². The fraction of sp³-hybridized carbons (Fsp3) is 0.350. The Morgan fingerprint density at radius 3 is 2.33 bits per heavy atom. The third kappa shape index (κ3) is 4.97. The molecule has 1 amide bonds. The number of benzene rings is 2. The first-order valence-electron chi connectivity index (χ1n) is 8.49. The van der Waals surface area contributed by atoms with Crippen molar-refractivity contribution in [3.8, 4) is 5.75 Å². The van der Waals surface area contributed by atoms with E-state index in [-0.39, 0.29) is 12.5 Å². The van der Waals surface area contributed by atoms with E-state index in [0.29, 0.717) is 5.92 Å². The smallest absolute Gasteiger partial charge is 0.262 e. The summed E-state index contributed by atoms with van der Waals surface area (Å²) >= 11 is 2.24. The SMILES string of the molecule is O=C(COc1ccc(C2CCCCC2)cc1)Nc1ccc(I)cc1. The van der Waals surface area contributed by atoms with E-state index in [4.69, 9.17) is 4.74 Å². The molecule has 2 aromatic rings. The molecule has 1 aliphatic rings. The Morgan fingerprint density at radius 2 is 1.67 bits per heavy atom. The molecular formula is C20H22INO2. The number of hydrogen-bond donors (Lipinski definition) is 1. The minimum Gasteiger partial charge on any atom is -0.484 e. The number of anilines is 1. The zero-order valence-corrected chi connectivity index (χ0v) is 15.8. The molecule has 0 bridgehead atoms. The Balaban J connectivity index is 1.49. The standard InChI is InChI=1S/C20H22INO2/c21-17-8-10-18(11-9-17)22-20(23)14-24-19-12-6-16(7-13-19)15-4-2-1-3-5-15/h6-13,15H,1-5,14H2,(H,22,23). The Morgan fingerprint density at radius 1 is 1.00 bits per heavy atom. The van der Waals surface area contributed by atoms with Gasteiger partial charge in [0.2, 0.25) is 0 Å². The van der Waals surface area contributed by atoms with Gasteiger partial charge in [-0.1, -0.05) is 31.4 Å². The number of amides is 1. The molecular weight excluding hydrogens is 413 g/mol. The second-order valence-corrected chi connectivity index (χ2v) is 7.49. The number of halogens is 1. The van der Waals surface area contributed by atoms with E-state index in [1.54, 1.807) is 0 Å². The molecule has 0 atom stereocenters. The average Bonchev–Trinajstić information content (AvgIpc) is 2.63. The quantitative estimate of drug-likeness (QED) is 0.643. The van der Waals surface area contributed by atoms with Crippen molar-refractivity contribution in [3.63, 3.8) is 0 Å². The molecule has 4 heteroatoms. The molecule has 0 aliphatic heterocycles. The van der Waals surface area contributed by atoms with Crippen LogP contribution in [0.3, 0.4) is 0 Å². The first-order chi connectivity index (χ1) is 11.7. The van der Waals surface area contributed by atoms with Gasteiger partial charge in [0.1, 0.15) is 5.75 Å². The van der Waals surface area contributed by atoms with Crippen molar-refractivity contribution >= 4 is 34.2 Å². The van der Waals surface area contributed by atoms with Gasteiger partial charge in [-0.05, 0) is 83.3 Å². The van der Waals surface area contributed by atoms with Crippen molar-refractivity contribution < 1.29 is 9.53 Å². The molecule has 3 nitrogen and oxygen atoms in total. The molecule has 24 heavy (non-hydrogen) atoms. The summed E-state index contributed by atoms with van der Waals surface area (Å²) in [6, 6.07) is 15.9. The summed E-state index contributed by atoms with van der Waals surface area (Å²) in [5.41, 5.74) is 2.18. The first kappa shape index (κ1) is 17.3. The van der Waals surface area contributed by atoms with E-state index < -0.39 is 0 Å². The Bertz CT molecular complexity index is 661. The van der Waals surface area contributed by atoms with Crippen molar-refractivity contribution in [2.75, 3.05) is 11.9 Å². The Hall–Kier alpha value is -1.56. The Labute approximate surface area is 156 Å². The summed E-state index contributed by atoms with van der Waals surface area (Å²) in [4.78, 5) is 11.9. The molecule has 0 aromatic heterocycles. The first-order valence-corrected chi connectivity index (χ1v) is 9.57. The third-order valence-electron chi connectivity index (χ3n) is 4.45. The summed E-state index contributed by atoms with van der Waals surface area (Å²) in [5, 5.41) is 2.84. The van der Waals surface area contributed by atoms with E-state index in [2.05, 4.69) is 40.0 Å². The van der Waals surface area contributed by atoms with Crippen LogP contribution in [0.5, 0.6) is 5.75 Å². The Kier molecular flexibility index (Phi) is 6.12. The topological polar surface area (TPSA) is 38.3 Å². The van der Waals surface area contributed by atoms with E-state index >= 15 is 0 Å². The van der Waals surface area contributed by atoms with E-state index in [0.717, 1.165) is 15.0 Å². The second kappa shape index (κ2) is 8.51. The van der Waals surface area contributed by atoms with Crippen LogP contribution in [0.2, 0.25) is 0 Å². The summed E-state index contributed by atoms with van der Waals surface area (Å²) in [6.07, 6.45) is 6.62. The van der Waals surface area contributed by atoms with Crippen LogP contribution < -0.4 is 10.1 Å². The molecule has 3 rings (SSSR count). The maximum absolute atomic E-state index is 11.9. The van der Waals surface area contributed by atoms with Gasteiger partial charge in [0, 0.05) is 9.26 Å². The van der Waals surface area contributed by atoms with E-state index in [9.17, 15) is 4.79 Å². The average molecular weight is 435 g/mol. The van der Waals surface area contributed by atoms with Crippen molar-refractivity contribution in [3.05, 3.63) is 57.7 Å². The minimum absolute atomic E-state index is 0.0226. The van der Waals surface area contributed by atoms with Crippen LogP contribution >= 0.6 is 22.6 Å². The summed E-state index contributed by atoms with van der Waals surface area (Å²) < 4.78 is 6.73. The number of nitrogens with one attached hydrogen (secondary N) is 1. The van der Waals surface area contributed by atoms with E-state index in [1.807, 2.05) is 36.4 Å². The van der Waals surface area contributed by atoms with Crippen molar-refractivity contribution in [1.82, 2.24) is 0 Å². The number of carbonyl (C=O) groups is 1. The monoisotopic (exact) mass is 435 g/mol. The van der Waals surface area contributed by atoms with Gasteiger partial charge in [-0.25, -0.2) is 0 Å². The molecule has 2 aromatic carbocycles. The molecule has 1 fully saturated rings. The van der Waals surface area contributed by atoms with Gasteiger partial charge in [0.25, 0.3) is 5.91 Å². The highest BCUT2D eigenvalue weighted by Crippen LogP contribution is 2.33. The summed E-state index contributed by atoms with van der Waals surface area (Å²) in [6.45, 7) is 0.0226. The van der Waals surface area contributed by atoms with Crippen molar-refractivity contribution in [1.29, 1.82) is 0 Å². The van der Waals surface area contributed by atoms with Crippen LogP contribution in [-0.2, 0) is 4.79 Å². The zero-order chi connectivity index (χ0) is 16.8. The molecule has 1 saturated carbocycles. The third-order valence-corrected chi connectivity index (χ3v) is 5.17. The highest BCUT2D eigenvalue weighted by atomic mass is 127. The summed E-state index contributed by atoms with van der Waals surface area (Å²) in [5.74, 6) is 1.29. The molecule has 0 heterocycles. The number of rotatable bonds is 5. The van der Waals surface area contributed by atoms with Gasteiger partial charge in [-0.2, -0.15) is 0 Å².